The highest BCUT2D eigenvalue weighted by Crippen LogP contribution is 2.21. The Hall–Kier alpha value is -3.68. The highest BCUT2D eigenvalue weighted by molar-refractivity contribution is 6.21. The highest BCUT2D eigenvalue weighted by Gasteiger charge is 2.36. The number of hydrogen-bond acceptors (Lipinski definition) is 5. The van der Waals surface area contributed by atoms with Gasteiger partial charge in [0.2, 0.25) is 11.8 Å². The number of amides is 4. The molecule has 0 radical (unpaired) electrons. The Bertz CT molecular complexity index is 889. The van der Waals surface area contributed by atoms with E-state index in [1.807, 2.05) is 6.92 Å². The van der Waals surface area contributed by atoms with Gasteiger partial charge in [-0.3, -0.25) is 24.6 Å². The molecule has 144 valence electrons. The molecule has 0 saturated carbocycles. The van der Waals surface area contributed by atoms with Crippen LogP contribution in [-0.4, -0.2) is 35.2 Å². The standard InChI is InChI=1S/C20H19N3O5/c1-2-28-14-9-7-13(8-10-14)21-17(24)11-12-18(25)22-23-19(26)15-5-3-4-6-16(15)20(23)27/h3-10H,2,11-12H2,1H3,(H,21,24)(H,22,25). The van der Waals surface area contributed by atoms with Crippen LogP contribution in [0.2, 0.25) is 0 Å². The van der Waals surface area contributed by atoms with Gasteiger partial charge in [0, 0.05) is 18.5 Å². The predicted octanol–water partition coefficient (Wildman–Crippen LogP) is 2.13. The fraction of sp³-hybridized carbons (Fsp3) is 0.200. The summed E-state index contributed by atoms with van der Waals surface area (Å²) in [5.74, 6) is -1.44. The van der Waals surface area contributed by atoms with Crippen molar-refractivity contribution in [2.75, 3.05) is 11.9 Å². The van der Waals surface area contributed by atoms with E-state index in [0.717, 1.165) is 0 Å². The van der Waals surface area contributed by atoms with E-state index in [2.05, 4.69) is 10.7 Å². The maximum absolute atomic E-state index is 12.2. The summed E-state index contributed by atoms with van der Waals surface area (Å²) in [6.45, 7) is 2.43. The third kappa shape index (κ3) is 4.17. The van der Waals surface area contributed by atoms with Gasteiger partial charge in [-0.1, -0.05) is 12.1 Å². The summed E-state index contributed by atoms with van der Waals surface area (Å²) in [7, 11) is 0. The largest absolute Gasteiger partial charge is 0.494 e. The van der Waals surface area contributed by atoms with E-state index < -0.39 is 17.7 Å². The maximum Gasteiger partial charge on any atom is 0.280 e. The number of hydrogen-bond donors (Lipinski definition) is 2. The van der Waals surface area contributed by atoms with Crippen LogP contribution in [-0.2, 0) is 9.59 Å². The van der Waals surface area contributed by atoms with E-state index >= 15 is 0 Å². The van der Waals surface area contributed by atoms with Crippen LogP contribution in [0.1, 0.15) is 40.5 Å². The molecule has 1 aliphatic heterocycles. The van der Waals surface area contributed by atoms with Crippen molar-refractivity contribution < 1.29 is 23.9 Å². The van der Waals surface area contributed by atoms with Crippen molar-refractivity contribution in [1.82, 2.24) is 10.4 Å². The molecule has 28 heavy (non-hydrogen) atoms. The van der Waals surface area contributed by atoms with Gasteiger partial charge in [0.05, 0.1) is 17.7 Å². The number of carbonyl (C=O) groups is 4. The SMILES string of the molecule is CCOc1ccc(NC(=O)CCC(=O)NN2C(=O)c3ccccc3C2=O)cc1. The summed E-state index contributed by atoms with van der Waals surface area (Å²) in [6.07, 6.45) is -0.265. The van der Waals surface area contributed by atoms with Crippen molar-refractivity contribution in [2.45, 2.75) is 19.8 Å². The van der Waals surface area contributed by atoms with Gasteiger partial charge < -0.3 is 10.1 Å². The van der Waals surface area contributed by atoms with Crippen LogP contribution in [0.3, 0.4) is 0 Å². The Morgan fingerprint density at radius 1 is 0.893 bits per heavy atom. The fourth-order valence-corrected chi connectivity index (χ4v) is 2.72. The molecule has 0 fully saturated rings. The van der Waals surface area contributed by atoms with E-state index in [-0.39, 0.29) is 29.9 Å². The Morgan fingerprint density at radius 3 is 2.04 bits per heavy atom. The molecule has 0 aliphatic carbocycles. The molecule has 2 aromatic carbocycles. The summed E-state index contributed by atoms with van der Waals surface area (Å²) < 4.78 is 5.32. The number of nitrogens with one attached hydrogen (secondary N) is 2. The van der Waals surface area contributed by atoms with Gasteiger partial charge in [0.15, 0.2) is 0 Å². The molecular formula is C20H19N3O5. The molecule has 0 atom stereocenters. The van der Waals surface area contributed by atoms with Crippen LogP contribution in [0.4, 0.5) is 5.69 Å². The van der Waals surface area contributed by atoms with Crippen molar-refractivity contribution in [3.05, 3.63) is 59.7 Å². The second-order valence-corrected chi connectivity index (χ2v) is 6.03. The van der Waals surface area contributed by atoms with Gasteiger partial charge in [-0.25, -0.2) is 0 Å². The number of hydrazine groups is 1. The topological polar surface area (TPSA) is 105 Å². The zero-order chi connectivity index (χ0) is 20.1. The van der Waals surface area contributed by atoms with Crippen LogP contribution in [0, 0.1) is 0 Å². The lowest BCUT2D eigenvalue weighted by molar-refractivity contribution is -0.126. The summed E-state index contributed by atoms with van der Waals surface area (Å²) >= 11 is 0. The van der Waals surface area contributed by atoms with E-state index in [1.165, 1.54) is 12.1 Å². The predicted molar refractivity (Wildman–Crippen MR) is 101 cm³/mol. The Morgan fingerprint density at radius 2 is 1.46 bits per heavy atom. The molecule has 2 N–H and O–H groups in total. The number of rotatable bonds is 7. The minimum absolute atomic E-state index is 0.0950. The second kappa shape index (κ2) is 8.34. The second-order valence-electron chi connectivity index (χ2n) is 6.03. The first-order valence-electron chi connectivity index (χ1n) is 8.79. The average molecular weight is 381 g/mol. The molecule has 0 aromatic heterocycles. The maximum atomic E-state index is 12.2. The Kier molecular flexibility index (Phi) is 5.69. The average Bonchev–Trinajstić information content (AvgIpc) is 2.93. The Balaban J connectivity index is 1.49. The van der Waals surface area contributed by atoms with E-state index in [4.69, 9.17) is 4.74 Å². The first-order chi connectivity index (χ1) is 13.5. The molecule has 0 bridgehead atoms. The number of nitrogens with zero attached hydrogens (tertiary/aromatic N) is 1. The van der Waals surface area contributed by atoms with Crippen LogP contribution in [0.15, 0.2) is 48.5 Å². The molecule has 8 nitrogen and oxygen atoms in total. The number of fused-ring (bicyclic) bond motifs is 1. The third-order valence-electron chi connectivity index (χ3n) is 4.06. The minimum Gasteiger partial charge on any atom is -0.494 e. The normalized spacial score (nSPS) is 12.5. The van der Waals surface area contributed by atoms with Gasteiger partial charge in [0.25, 0.3) is 11.8 Å². The van der Waals surface area contributed by atoms with E-state index in [0.29, 0.717) is 23.1 Å². The number of anilines is 1. The van der Waals surface area contributed by atoms with Gasteiger partial charge >= 0.3 is 0 Å². The lowest BCUT2D eigenvalue weighted by Crippen LogP contribution is -2.46. The lowest BCUT2D eigenvalue weighted by Gasteiger charge is -2.14. The summed E-state index contributed by atoms with van der Waals surface area (Å²) in [4.78, 5) is 48.5. The van der Waals surface area contributed by atoms with Gasteiger partial charge in [-0.05, 0) is 43.3 Å². The molecule has 2 aromatic rings. The smallest absolute Gasteiger partial charge is 0.280 e. The van der Waals surface area contributed by atoms with Crippen LogP contribution < -0.4 is 15.5 Å². The monoisotopic (exact) mass is 381 g/mol. The van der Waals surface area contributed by atoms with Gasteiger partial charge in [-0.2, -0.15) is 5.01 Å². The molecule has 4 amide bonds. The van der Waals surface area contributed by atoms with Crippen LogP contribution in [0.5, 0.6) is 5.75 Å². The van der Waals surface area contributed by atoms with Gasteiger partial charge in [0.1, 0.15) is 5.75 Å². The molecule has 0 saturated heterocycles. The summed E-state index contributed by atoms with van der Waals surface area (Å²) in [5.41, 5.74) is 3.32. The lowest BCUT2D eigenvalue weighted by atomic mass is 10.1. The highest BCUT2D eigenvalue weighted by atomic mass is 16.5. The number of carbonyl (C=O) groups excluding carboxylic acids is 4. The molecule has 1 heterocycles. The van der Waals surface area contributed by atoms with Crippen molar-refractivity contribution in [3.63, 3.8) is 0 Å². The molecule has 0 spiro atoms. The molecular weight excluding hydrogens is 362 g/mol. The van der Waals surface area contributed by atoms with Crippen molar-refractivity contribution in [3.8, 4) is 5.75 Å². The van der Waals surface area contributed by atoms with Crippen molar-refractivity contribution in [2.24, 2.45) is 0 Å². The zero-order valence-electron chi connectivity index (χ0n) is 15.2. The molecule has 1 aliphatic rings. The third-order valence-corrected chi connectivity index (χ3v) is 4.06. The number of benzene rings is 2. The number of imide groups is 1. The Labute approximate surface area is 161 Å². The van der Waals surface area contributed by atoms with E-state index in [1.54, 1.807) is 36.4 Å². The molecule has 8 heteroatoms. The minimum atomic E-state index is -0.601. The number of ether oxygens (including phenoxy) is 1. The summed E-state index contributed by atoms with van der Waals surface area (Å²) in [5, 5.41) is 3.35. The van der Waals surface area contributed by atoms with Gasteiger partial charge in [-0.15, -0.1) is 0 Å². The molecule has 3 rings (SSSR count). The van der Waals surface area contributed by atoms with E-state index in [9.17, 15) is 19.2 Å². The fourth-order valence-electron chi connectivity index (χ4n) is 2.72. The van der Waals surface area contributed by atoms with Crippen molar-refractivity contribution >= 4 is 29.3 Å². The first kappa shape index (κ1) is 19.1. The quantitative estimate of drug-likeness (QED) is 0.715. The zero-order valence-corrected chi connectivity index (χ0v) is 15.2. The van der Waals surface area contributed by atoms with Crippen LogP contribution >= 0.6 is 0 Å². The summed E-state index contributed by atoms with van der Waals surface area (Å²) in [6, 6.07) is 13.2. The van der Waals surface area contributed by atoms with Crippen LogP contribution in [0.25, 0.3) is 0 Å². The van der Waals surface area contributed by atoms with Crippen molar-refractivity contribution in [1.29, 1.82) is 0 Å². The molecule has 0 unspecified atom stereocenters. The first-order valence-corrected chi connectivity index (χ1v) is 8.79.